The molecule has 0 aliphatic heterocycles. The zero-order chi connectivity index (χ0) is 13.1. The molecule has 1 heterocycles. The van der Waals surface area contributed by atoms with Crippen molar-refractivity contribution in [3.63, 3.8) is 0 Å². The first-order chi connectivity index (χ1) is 8.63. The van der Waals surface area contributed by atoms with Crippen LogP contribution in [0.1, 0.15) is 6.92 Å². The Labute approximate surface area is 114 Å². The number of ether oxygens (including phenoxy) is 1. The zero-order valence-corrected chi connectivity index (χ0v) is 11.9. The van der Waals surface area contributed by atoms with Gasteiger partial charge in [-0.25, -0.2) is 4.79 Å². The molecular formula is C14H14BrNO2. The average molecular weight is 308 g/mol. The Morgan fingerprint density at radius 1 is 1.44 bits per heavy atom. The highest BCUT2D eigenvalue weighted by Crippen LogP contribution is 2.25. The van der Waals surface area contributed by atoms with Crippen molar-refractivity contribution in [3.8, 4) is 0 Å². The molecule has 0 amide bonds. The molecule has 0 aliphatic rings. The molecule has 0 aliphatic carbocycles. The number of carbonyl (C=O) groups is 1. The topological polar surface area (TPSA) is 31.2 Å². The van der Waals surface area contributed by atoms with Crippen molar-refractivity contribution >= 4 is 32.8 Å². The van der Waals surface area contributed by atoms with Crippen LogP contribution in [0.25, 0.3) is 10.9 Å². The van der Waals surface area contributed by atoms with Crippen molar-refractivity contribution in [2.75, 3.05) is 7.11 Å². The molecule has 2 aromatic rings. The second-order valence-corrected chi connectivity index (χ2v) is 4.88. The van der Waals surface area contributed by atoms with E-state index in [0.29, 0.717) is 12.1 Å². The largest absolute Gasteiger partial charge is 0.466 e. The molecule has 18 heavy (non-hydrogen) atoms. The Bertz CT molecular complexity index is 613. The molecule has 0 radical (unpaired) electrons. The van der Waals surface area contributed by atoms with Gasteiger partial charge in [-0.1, -0.05) is 24.3 Å². The number of nitrogens with zero attached hydrogens (tertiary/aromatic N) is 1. The number of para-hydroxylation sites is 1. The van der Waals surface area contributed by atoms with Crippen LogP contribution in [0.3, 0.4) is 0 Å². The van der Waals surface area contributed by atoms with E-state index in [1.54, 1.807) is 6.92 Å². The van der Waals surface area contributed by atoms with Gasteiger partial charge in [-0.2, -0.15) is 0 Å². The van der Waals surface area contributed by atoms with Gasteiger partial charge < -0.3 is 9.30 Å². The van der Waals surface area contributed by atoms with Crippen LogP contribution in [0.4, 0.5) is 0 Å². The number of fused-ring (bicyclic) bond motifs is 1. The molecule has 0 spiro atoms. The van der Waals surface area contributed by atoms with Gasteiger partial charge in [0.1, 0.15) is 0 Å². The fourth-order valence-electron chi connectivity index (χ4n) is 1.83. The van der Waals surface area contributed by atoms with Crippen LogP contribution in [0, 0.1) is 0 Å². The summed E-state index contributed by atoms with van der Waals surface area (Å²) in [6.07, 6.45) is 3.89. The highest BCUT2D eigenvalue weighted by molar-refractivity contribution is 9.10. The lowest BCUT2D eigenvalue weighted by Crippen LogP contribution is -2.03. The van der Waals surface area contributed by atoms with Crippen LogP contribution < -0.4 is 0 Å². The van der Waals surface area contributed by atoms with Crippen molar-refractivity contribution < 1.29 is 9.53 Å². The number of halogens is 1. The third-order valence-corrected chi connectivity index (χ3v) is 3.47. The van der Waals surface area contributed by atoms with Gasteiger partial charge in [0.05, 0.1) is 7.11 Å². The number of esters is 1. The Morgan fingerprint density at radius 3 is 2.89 bits per heavy atom. The fourth-order valence-corrected chi connectivity index (χ4v) is 2.42. The summed E-state index contributed by atoms with van der Waals surface area (Å²) < 4.78 is 7.81. The summed E-state index contributed by atoms with van der Waals surface area (Å²) >= 11 is 3.53. The molecule has 3 nitrogen and oxygen atoms in total. The van der Waals surface area contributed by atoms with E-state index < -0.39 is 0 Å². The molecule has 0 bridgehead atoms. The van der Waals surface area contributed by atoms with Gasteiger partial charge in [-0.15, -0.1) is 0 Å². The zero-order valence-electron chi connectivity index (χ0n) is 10.3. The quantitative estimate of drug-likeness (QED) is 0.642. The normalized spacial score (nSPS) is 11.8. The van der Waals surface area contributed by atoms with E-state index in [2.05, 4.69) is 37.4 Å². The van der Waals surface area contributed by atoms with Crippen molar-refractivity contribution in [3.05, 3.63) is 46.6 Å². The molecule has 94 valence electrons. The molecule has 0 N–H and O–H groups in total. The summed E-state index contributed by atoms with van der Waals surface area (Å²) in [4.78, 5) is 11.3. The Balaban J connectivity index is 2.30. The van der Waals surface area contributed by atoms with E-state index in [1.807, 2.05) is 24.4 Å². The summed E-state index contributed by atoms with van der Waals surface area (Å²) in [7, 11) is 1.39. The summed E-state index contributed by atoms with van der Waals surface area (Å²) in [5.74, 6) is -0.287. The highest BCUT2D eigenvalue weighted by atomic mass is 79.9. The molecule has 0 fully saturated rings. The summed E-state index contributed by atoms with van der Waals surface area (Å²) in [5.41, 5.74) is 1.75. The van der Waals surface area contributed by atoms with Crippen LogP contribution in [0.5, 0.6) is 0 Å². The lowest BCUT2D eigenvalue weighted by Gasteiger charge is -2.02. The van der Waals surface area contributed by atoms with E-state index in [1.165, 1.54) is 12.5 Å². The van der Waals surface area contributed by atoms with Gasteiger partial charge in [0.25, 0.3) is 0 Å². The number of hydrogen-bond donors (Lipinski definition) is 0. The second kappa shape index (κ2) is 5.40. The Kier molecular flexibility index (Phi) is 3.87. The molecule has 2 rings (SSSR count). The number of aromatic nitrogens is 1. The third kappa shape index (κ3) is 2.48. The summed E-state index contributed by atoms with van der Waals surface area (Å²) in [6, 6.07) is 8.13. The maximum atomic E-state index is 11.3. The molecule has 4 heteroatoms. The van der Waals surface area contributed by atoms with Crippen LogP contribution in [-0.2, 0) is 16.1 Å². The van der Waals surface area contributed by atoms with Gasteiger partial charge in [0, 0.05) is 33.7 Å². The molecule has 0 atom stereocenters. The first-order valence-electron chi connectivity index (χ1n) is 5.62. The smallest absolute Gasteiger partial charge is 0.333 e. The second-order valence-electron chi connectivity index (χ2n) is 4.03. The lowest BCUT2D eigenvalue weighted by atomic mass is 10.2. The van der Waals surface area contributed by atoms with Crippen molar-refractivity contribution in [2.45, 2.75) is 13.5 Å². The van der Waals surface area contributed by atoms with E-state index in [-0.39, 0.29) is 5.97 Å². The van der Waals surface area contributed by atoms with Gasteiger partial charge in [0.15, 0.2) is 0 Å². The van der Waals surface area contributed by atoms with Crippen molar-refractivity contribution in [1.82, 2.24) is 4.57 Å². The maximum Gasteiger partial charge on any atom is 0.333 e. The predicted molar refractivity (Wildman–Crippen MR) is 75.4 cm³/mol. The van der Waals surface area contributed by atoms with Gasteiger partial charge in [-0.05, 0) is 28.9 Å². The van der Waals surface area contributed by atoms with Gasteiger partial charge >= 0.3 is 5.97 Å². The minimum absolute atomic E-state index is 0.287. The molecule has 0 unspecified atom stereocenters. The number of benzene rings is 1. The van der Waals surface area contributed by atoms with Crippen molar-refractivity contribution in [2.24, 2.45) is 0 Å². The van der Waals surface area contributed by atoms with Gasteiger partial charge in [0.2, 0.25) is 0 Å². The van der Waals surface area contributed by atoms with Crippen LogP contribution in [0.15, 0.2) is 46.6 Å². The monoisotopic (exact) mass is 307 g/mol. The molecule has 0 saturated carbocycles. The van der Waals surface area contributed by atoms with Crippen molar-refractivity contribution in [1.29, 1.82) is 0 Å². The molecule has 0 saturated heterocycles. The molecular weight excluding hydrogens is 294 g/mol. The summed E-state index contributed by atoms with van der Waals surface area (Å²) in [6.45, 7) is 2.40. The Morgan fingerprint density at radius 2 is 2.17 bits per heavy atom. The predicted octanol–water partition coefficient (Wildman–Crippen LogP) is 3.52. The standard InChI is InChI=1S/C14H14BrNO2/c1-10(14(17)18-2)7-8-16-9-12(15)11-5-3-4-6-13(11)16/h3-7,9H,8H2,1-2H3. The van der Waals surface area contributed by atoms with Crippen LogP contribution in [0.2, 0.25) is 0 Å². The molecule has 1 aromatic carbocycles. The number of allylic oxidation sites excluding steroid dienone is 1. The fraction of sp³-hybridized carbons (Fsp3) is 0.214. The number of methoxy groups -OCH3 is 1. The number of rotatable bonds is 3. The van der Waals surface area contributed by atoms with Crippen LogP contribution in [-0.4, -0.2) is 17.6 Å². The summed E-state index contributed by atoms with van der Waals surface area (Å²) in [5, 5.41) is 1.17. The SMILES string of the molecule is COC(=O)C(C)=CCn1cc(Br)c2ccccc21. The minimum Gasteiger partial charge on any atom is -0.466 e. The minimum atomic E-state index is -0.287. The first-order valence-corrected chi connectivity index (χ1v) is 6.41. The van der Waals surface area contributed by atoms with Crippen LogP contribution >= 0.6 is 15.9 Å². The number of hydrogen-bond acceptors (Lipinski definition) is 2. The van der Waals surface area contributed by atoms with E-state index in [9.17, 15) is 4.79 Å². The lowest BCUT2D eigenvalue weighted by molar-refractivity contribution is -0.136. The van der Waals surface area contributed by atoms with E-state index >= 15 is 0 Å². The maximum absolute atomic E-state index is 11.3. The Hall–Kier alpha value is -1.55. The van der Waals surface area contributed by atoms with Gasteiger partial charge in [-0.3, -0.25) is 0 Å². The van der Waals surface area contributed by atoms with E-state index in [4.69, 9.17) is 0 Å². The van der Waals surface area contributed by atoms with E-state index in [0.717, 1.165) is 9.99 Å². The number of carbonyl (C=O) groups excluding carboxylic acids is 1. The molecule has 1 aromatic heterocycles. The average Bonchev–Trinajstić information content (AvgIpc) is 2.72. The first kappa shape index (κ1) is 12.9. The third-order valence-electron chi connectivity index (χ3n) is 2.84. The highest BCUT2D eigenvalue weighted by Gasteiger charge is 2.06.